The van der Waals surface area contributed by atoms with Crippen LogP contribution in [0.25, 0.3) is 0 Å². The zero-order valence-corrected chi connectivity index (χ0v) is 13.3. The molecule has 0 aliphatic carbocycles. The highest BCUT2D eigenvalue weighted by atomic mass is 16.5. The first kappa shape index (κ1) is 16.0. The van der Waals surface area contributed by atoms with Gasteiger partial charge in [-0.2, -0.15) is 0 Å². The molecule has 1 aliphatic heterocycles. The molecule has 0 amide bonds. The quantitative estimate of drug-likeness (QED) is 0.836. The number of benzene rings is 1. The third-order valence-corrected chi connectivity index (χ3v) is 4.59. The fourth-order valence-corrected chi connectivity index (χ4v) is 3.35. The summed E-state index contributed by atoms with van der Waals surface area (Å²) in [7, 11) is 1.67. The minimum Gasteiger partial charge on any atom is -0.497 e. The van der Waals surface area contributed by atoms with Gasteiger partial charge < -0.3 is 10.1 Å². The molecule has 0 spiro atoms. The van der Waals surface area contributed by atoms with Gasteiger partial charge in [-0.25, -0.2) is 0 Å². The molecule has 0 saturated carbocycles. The fraction of sp³-hybridized carbons (Fsp3) is 0.611. The largest absolute Gasteiger partial charge is 0.497 e. The van der Waals surface area contributed by atoms with Crippen LogP contribution in [0.1, 0.15) is 44.6 Å². The van der Waals surface area contributed by atoms with Gasteiger partial charge in [-0.3, -0.25) is 4.79 Å². The highest BCUT2D eigenvalue weighted by molar-refractivity contribution is 5.85. The zero-order valence-electron chi connectivity index (χ0n) is 13.3. The summed E-state index contributed by atoms with van der Waals surface area (Å²) in [5.41, 5.74) is 1.10. The average molecular weight is 289 g/mol. The predicted octanol–water partition coefficient (Wildman–Crippen LogP) is 3.37. The van der Waals surface area contributed by atoms with E-state index in [9.17, 15) is 4.79 Å². The van der Waals surface area contributed by atoms with Crippen molar-refractivity contribution >= 4 is 5.78 Å². The Morgan fingerprint density at radius 3 is 2.67 bits per heavy atom. The smallest absolute Gasteiger partial charge is 0.140 e. The molecule has 1 N–H and O–H groups in total. The number of hydrogen-bond acceptors (Lipinski definition) is 3. The number of carbonyl (C=O) groups excluding carboxylic acids is 1. The topological polar surface area (TPSA) is 38.3 Å². The lowest BCUT2D eigenvalue weighted by Gasteiger charge is -2.36. The lowest BCUT2D eigenvalue weighted by molar-refractivity contribution is -0.130. The number of ether oxygens (including phenoxy) is 1. The second-order valence-electron chi connectivity index (χ2n) is 6.08. The Kier molecular flexibility index (Phi) is 5.80. The van der Waals surface area contributed by atoms with Crippen molar-refractivity contribution in [2.75, 3.05) is 20.2 Å². The number of piperidine rings is 1. The van der Waals surface area contributed by atoms with Crippen molar-refractivity contribution in [2.24, 2.45) is 5.41 Å². The van der Waals surface area contributed by atoms with Gasteiger partial charge in [0.25, 0.3) is 0 Å². The van der Waals surface area contributed by atoms with Crippen LogP contribution in [0.15, 0.2) is 24.3 Å². The van der Waals surface area contributed by atoms with Crippen molar-refractivity contribution in [3.05, 3.63) is 29.8 Å². The molecule has 1 fully saturated rings. The first-order valence-electron chi connectivity index (χ1n) is 8.07. The van der Waals surface area contributed by atoms with Crippen LogP contribution in [0, 0.1) is 5.41 Å². The van der Waals surface area contributed by atoms with Crippen molar-refractivity contribution in [1.29, 1.82) is 0 Å². The van der Waals surface area contributed by atoms with E-state index in [1.807, 2.05) is 12.1 Å². The Balaban J connectivity index is 1.94. The van der Waals surface area contributed by atoms with Crippen LogP contribution in [0.3, 0.4) is 0 Å². The van der Waals surface area contributed by atoms with Crippen LogP contribution in [-0.4, -0.2) is 26.0 Å². The minimum absolute atomic E-state index is 0.112. The van der Waals surface area contributed by atoms with Gasteiger partial charge in [0.15, 0.2) is 0 Å². The Labute approximate surface area is 128 Å². The van der Waals surface area contributed by atoms with E-state index < -0.39 is 0 Å². The standard InChI is InChI=1S/C18H27NO2/c1-3-11-18(12-4-13-19-14-18)17(20)10-7-15-5-8-16(21-2)9-6-15/h5-6,8-9,19H,3-4,7,10-14H2,1-2H3. The van der Waals surface area contributed by atoms with Crippen molar-refractivity contribution < 1.29 is 9.53 Å². The maximum atomic E-state index is 12.7. The molecule has 3 heteroatoms. The monoisotopic (exact) mass is 289 g/mol. The first-order valence-corrected chi connectivity index (χ1v) is 8.07. The Morgan fingerprint density at radius 2 is 2.10 bits per heavy atom. The second kappa shape index (κ2) is 7.60. The van der Waals surface area contributed by atoms with Crippen molar-refractivity contribution in [3.8, 4) is 5.75 Å². The van der Waals surface area contributed by atoms with Crippen LogP contribution in [0.2, 0.25) is 0 Å². The highest BCUT2D eigenvalue weighted by Crippen LogP contribution is 2.34. The number of Topliss-reactive ketones (excluding diaryl/α,β-unsaturated/α-hetero) is 1. The molecule has 1 unspecified atom stereocenters. The molecule has 1 atom stereocenters. The van der Waals surface area contributed by atoms with Crippen LogP contribution in [0.5, 0.6) is 5.75 Å². The maximum Gasteiger partial charge on any atom is 0.140 e. The molecule has 0 aromatic heterocycles. The number of ketones is 1. The lowest BCUT2D eigenvalue weighted by atomic mass is 9.72. The van der Waals surface area contributed by atoms with Crippen LogP contribution >= 0.6 is 0 Å². The second-order valence-corrected chi connectivity index (χ2v) is 6.08. The average Bonchev–Trinajstić information content (AvgIpc) is 2.54. The zero-order chi connectivity index (χ0) is 15.1. The molecular weight excluding hydrogens is 262 g/mol. The van der Waals surface area contributed by atoms with Gasteiger partial charge in [-0.15, -0.1) is 0 Å². The number of rotatable bonds is 7. The van der Waals surface area contributed by atoms with Gasteiger partial charge in [0, 0.05) is 18.4 Å². The van der Waals surface area contributed by atoms with Gasteiger partial charge in [-0.1, -0.05) is 25.5 Å². The summed E-state index contributed by atoms with van der Waals surface area (Å²) < 4.78 is 5.16. The third-order valence-electron chi connectivity index (χ3n) is 4.59. The van der Waals surface area contributed by atoms with E-state index in [1.165, 1.54) is 5.56 Å². The van der Waals surface area contributed by atoms with Gasteiger partial charge >= 0.3 is 0 Å². The summed E-state index contributed by atoms with van der Waals surface area (Å²) >= 11 is 0. The molecule has 116 valence electrons. The van der Waals surface area contributed by atoms with Crippen molar-refractivity contribution in [1.82, 2.24) is 5.32 Å². The Morgan fingerprint density at radius 1 is 1.33 bits per heavy atom. The molecule has 3 nitrogen and oxygen atoms in total. The first-order chi connectivity index (χ1) is 10.2. The van der Waals surface area contributed by atoms with E-state index in [1.54, 1.807) is 7.11 Å². The molecule has 2 rings (SSSR count). The van der Waals surface area contributed by atoms with Gasteiger partial charge in [0.2, 0.25) is 0 Å². The summed E-state index contributed by atoms with van der Waals surface area (Å²) in [6.07, 6.45) is 5.74. The van der Waals surface area contributed by atoms with Crippen molar-refractivity contribution in [3.63, 3.8) is 0 Å². The Hall–Kier alpha value is -1.35. The summed E-state index contributed by atoms with van der Waals surface area (Å²) in [4.78, 5) is 12.7. The minimum atomic E-state index is -0.112. The van der Waals surface area contributed by atoms with E-state index in [0.29, 0.717) is 12.2 Å². The summed E-state index contributed by atoms with van der Waals surface area (Å²) in [5, 5.41) is 3.42. The molecule has 0 radical (unpaired) electrons. The lowest BCUT2D eigenvalue weighted by Crippen LogP contribution is -2.45. The molecule has 1 aliphatic rings. The molecular formula is C18H27NO2. The van der Waals surface area contributed by atoms with E-state index >= 15 is 0 Å². The molecule has 1 aromatic carbocycles. The van der Waals surface area contributed by atoms with E-state index in [4.69, 9.17) is 4.74 Å². The van der Waals surface area contributed by atoms with E-state index in [-0.39, 0.29) is 5.41 Å². The van der Waals surface area contributed by atoms with E-state index in [0.717, 1.165) is 50.9 Å². The summed E-state index contributed by atoms with van der Waals surface area (Å²) in [5.74, 6) is 1.30. The van der Waals surface area contributed by atoms with Crippen LogP contribution < -0.4 is 10.1 Å². The fourth-order valence-electron chi connectivity index (χ4n) is 3.35. The number of hydrogen-bond donors (Lipinski definition) is 1. The normalized spacial score (nSPS) is 22.0. The predicted molar refractivity (Wildman–Crippen MR) is 85.8 cm³/mol. The number of methoxy groups -OCH3 is 1. The van der Waals surface area contributed by atoms with Crippen LogP contribution in [0.4, 0.5) is 0 Å². The van der Waals surface area contributed by atoms with Gasteiger partial charge in [0.05, 0.1) is 7.11 Å². The maximum absolute atomic E-state index is 12.7. The SMILES string of the molecule is CCCC1(C(=O)CCc2ccc(OC)cc2)CCCNC1. The molecule has 21 heavy (non-hydrogen) atoms. The molecule has 1 saturated heterocycles. The summed E-state index contributed by atoms with van der Waals surface area (Å²) in [6, 6.07) is 8.03. The third kappa shape index (κ3) is 4.07. The number of aryl methyl sites for hydroxylation is 1. The van der Waals surface area contributed by atoms with Crippen LogP contribution in [-0.2, 0) is 11.2 Å². The molecule has 0 bridgehead atoms. The van der Waals surface area contributed by atoms with Gasteiger partial charge in [0.1, 0.15) is 11.5 Å². The Bertz CT molecular complexity index is 441. The van der Waals surface area contributed by atoms with Crippen molar-refractivity contribution in [2.45, 2.75) is 45.4 Å². The molecule has 1 heterocycles. The van der Waals surface area contributed by atoms with E-state index in [2.05, 4.69) is 24.4 Å². The number of carbonyl (C=O) groups is 1. The highest BCUT2D eigenvalue weighted by Gasteiger charge is 2.37. The molecule has 1 aromatic rings. The number of nitrogens with one attached hydrogen (secondary N) is 1. The summed E-state index contributed by atoms with van der Waals surface area (Å²) in [6.45, 7) is 4.09. The van der Waals surface area contributed by atoms with Gasteiger partial charge in [-0.05, 0) is 49.9 Å².